The van der Waals surface area contributed by atoms with Crippen LogP contribution in [0.1, 0.15) is 5.56 Å². The van der Waals surface area contributed by atoms with Crippen LogP contribution in [0, 0.1) is 11.3 Å². The molecule has 3 heterocycles. The van der Waals surface area contributed by atoms with E-state index in [9.17, 15) is 5.26 Å². The van der Waals surface area contributed by atoms with E-state index in [-0.39, 0.29) is 0 Å². The predicted molar refractivity (Wildman–Crippen MR) is 230 cm³/mol. The van der Waals surface area contributed by atoms with Gasteiger partial charge in [0, 0.05) is 45.4 Å². The number of rotatable bonds is 7. The molecular formula is C52H32N4O. The molecule has 0 spiro atoms. The lowest BCUT2D eigenvalue weighted by Gasteiger charge is -2.13. The highest BCUT2D eigenvalue weighted by atomic mass is 16.3. The van der Waals surface area contributed by atoms with E-state index in [0.717, 1.165) is 83.4 Å². The average Bonchev–Trinajstić information content (AvgIpc) is 3.67. The van der Waals surface area contributed by atoms with Crippen molar-refractivity contribution in [2.75, 3.05) is 0 Å². The number of hydrogen-bond acceptors (Lipinski definition) is 5. The van der Waals surface area contributed by atoms with Crippen molar-refractivity contribution in [1.82, 2.24) is 15.0 Å². The first-order valence-corrected chi connectivity index (χ1v) is 18.8. The Labute approximate surface area is 329 Å². The van der Waals surface area contributed by atoms with E-state index in [4.69, 9.17) is 14.4 Å². The Kier molecular flexibility index (Phi) is 8.48. The van der Waals surface area contributed by atoms with Gasteiger partial charge in [-0.15, -0.1) is 0 Å². The van der Waals surface area contributed by atoms with Crippen molar-refractivity contribution in [3.8, 4) is 84.5 Å². The average molecular weight is 729 g/mol. The van der Waals surface area contributed by atoms with Crippen LogP contribution in [0.25, 0.3) is 100 Å². The molecule has 5 nitrogen and oxygen atoms in total. The first-order valence-electron chi connectivity index (χ1n) is 18.8. The molecule has 0 N–H and O–H groups in total. The molecule has 0 aliphatic heterocycles. The van der Waals surface area contributed by atoms with Gasteiger partial charge in [-0.1, -0.05) is 121 Å². The number of aromatic nitrogens is 3. The van der Waals surface area contributed by atoms with Crippen molar-refractivity contribution < 1.29 is 4.42 Å². The van der Waals surface area contributed by atoms with Gasteiger partial charge in [0.15, 0.2) is 5.82 Å². The summed E-state index contributed by atoms with van der Waals surface area (Å²) in [6.07, 6.45) is 3.69. The lowest BCUT2D eigenvalue weighted by molar-refractivity contribution is 0.669. The fourth-order valence-electron chi connectivity index (χ4n) is 7.44. The minimum Gasteiger partial charge on any atom is -0.456 e. The molecule has 0 amide bonds. The molecule has 0 aliphatic rings. The summed E-state index contributed by atoms with van der Waals surface area (Å²) in [6.45, 7) is 0. The molecule has 7 aromatic carbocycles. The van der Waals surface area contributed by atoms with Crippen LogP contribution in [0.5, 0.6) is 0 Å². The number of fused-ring (bicyclic) bond motifs is 3. The van der Waals surface area contributed by atoms with Crippen LogP contribution in [0.4, 0.5) is 0 Å². The summed E-state index contributed by atoms with van der Waals surface area (Å²) in [5.41, 5.74) is 15.4. The molecule has 0 aliphatic carbocycles. The van der Waals surface area contributed by atoms with E-state index in [1.165, 1.54) is 5.56 Å². The van der Waals surface area contributed by atoms with Crippen LogP contribution < -0.4 is 0 Å². The fourth-order valence-corrected chi connectivity index (χ4v) is 7.44. The van der Waals surface area contributed by atoms with E-state index in [2.05, 4.69) is 132 Å². The molecule has 0 bridgehead atoms. The van der Waals surface area contributed by atoms with E-state index >= 15 is 0 Å². The quantitative estimate of drug-likeness (QED) is 0.163. The van der Waals surface area contributed by atoms with Gasteiger partial charge in [-0.3, -0.25) is 4.98 Å². The van der Waals surface area contributed by atoms with Crippen LogP contribution in [-0.2, 0) is 0 Å². The second-order valence-electron chi connectivity index (χ2n) is 14.0. The van der Waals surface area contributed by atoms with Crippen LogP contribution >= 0.6 is 0 Å². The van der Waals surface area contributed by atoms with Crippen molar-refractivity contribution in [3.05, 3.63) is 200 Å². The van der Waals surface area contributed by atoms with Gasteiger partial charge in [0.1, 0.15) is 11.2 Å². The molecule has 3 aromatic heterocycles. The zero-order valence-corrected chi connectivity index (χ0v) is 30.7. The topological polar surface area (TPSA) is 75.6 Å². The van der Waals surface area contributed by atoms with E-state index in [1.54, 1.807) is 12.3 Å². The van der Waals surface area contributed by atoms with Crippen LogP contribution in [0.2, 0.25) is 0 Å². The largest absolute Gasteiger partial charge is 0.456 e. The zero-order valence-electron chi connectivity index (χ0n) is 30.7. The molecule has 0 saturated carbocycles. The lowest BCUT2D eigenvalue weighted by Crippen LogP contribution is -1.96. The molecule has 0 fully saturated rings. The third-order valence-electron chi connectivity index (χ3n) is 10.4. The summed E-state index contributed by atoms with van der Waals surface area (Å²) in [5, 5.41) is 11.4. The summed E-state index contributed by atoms with van der Waals surface area (Å²) < 4.78 is 6.27. The van der Waals surface area contributed by atoms with Crippen LogP contribution in [0.15, 0.2) is 199 Å². The zero-order chi connectivity index (χ0) is 38.1. The number of furan rings is 1. The van der Waals surface area contributed by atoms with E-state index in [1.807, 2.05) is 60.8 Å². The minimum absolute atomic E-state index is 0.576. The summed E-state index contributed by atoms with van der Waals surface area (Å²) in [6, 6.07) is 64.6. The SMILES string of the molecule is N#Cc1ccc2c(c1)oc1cc(-c3cc(-c4ccc(-c5cc(-c6ccc(-c7ccccc7)cc6)nc(-c6ccccc6)n5)cc4)cc(-c4cccnc4)c3)ccc12. The van der Waals surface area contributed by atoms with Gasteiger partial charge in [-0.05, 0) is 99.6 Å². The Morgan fingerprint density at radius 3 is 1.49 bits per heavy atom. The molecule has 0 unspecified atom stereocenters. The van der Waals surface area contributed by atoms with Crippen molar-refractivity contribution >= 4 is 21.9 Å². The second-order valence-corrected chi connectivity index (χ2v) is 14.0. The van der Waals surface area contributed by atoms with Gasteiger partial charge >= 0.3 is 0 Å². The highest BCUT2D eigenvalue weighted by Crippen LogP contribution is 2.37. The first-order chi connectivity index (χ1) is 28.1. The van der Waals surface area contributed by atoms with Crippen LogP contribution in [-0.4, -0.2) is 15.0 Å². The van der Waals surface area contributed by atoms with Gasteiger partial charge in [0.2, 0.25) is 0 Å². The summed E-state index contributed by atoms with van der Waals surface area (Å²) in [5.74, 6) is 0.681. The monoisotopic (exact) mass is 728 g/mol. The van der Waals surface area contributed by atoms with Crippen molar-refractivity contribution in [3.63, 3.8) is 0 Å². The van der Waals surface area contributed by atoms with Crippen molar-refractivity contribution in [1.29, 1.82) is 5.26 Å². The number of nitrogens with zero attached hydrogens (tertiary/aromatic N) is 4. The van der Waals surface area contributed by atoms with Gasteiger partial charge in [-0.2, -0.15) is 5.26 Å². The molecule has 266 valence electrons. The van der Waals surface area contributed by atoms with E-state index in [0.29, 0.717) is 17.0 Å². The summed E-state index contributed by atoms with van der Waals surface area (Å²) in [4.78, 5) is 14.5. The Bertz CT molecular complexity index is 3100. The maximum atomic E-state index is 9.42. The van der Waals surface area contributed by atoms with Gasteiger partial charge in [-0.25, -0.2) is 9.97 Å². The Morgan fingerprint density at radius 1 is 0.386 bits per heavy atom. The third-order valence-corrected chi connectivity index (χ3v) is 10.4. The van der Waals surface area contributed by atoms with Crippen molar-refractivity contribution in [2.24, 2.45) is 0 Å². The smallest absolute Gasteiger partial charge is 0.160 e. The summed E-state index contributed by atoms with van der Waals surface area (Å²) >= 11 is 0. The highest BCUT2D eigenvalue weighted by molar-refractivity contribution is 6.06. The Morgan fingerprint density at radius 2 is 0.877 bits per heavy atom. The minimum atomic E-state index is 0.576. The summed E-state index contributed by atoms with van der Waals surface area (Å²) in [7, 11) is 0. The van der Waals surface area contributed by atoms with Gasteiger partial charge < -0.3 is 4.42 Å². The molecule has 57 heavy (non-hydrogen) atoms. The molecular weight excluding hydrogens is 697 g/mol. The molecule has 10 rings (SSSR count). The molecule has 0 saturated heterocycles. The van der Waals surface area contributed by atoms with Gasteiger partial charge in [0.25, 0.3) is 0 Å². The predicted octanol–water partition coefficient (Wildman–Crippen LogP) is 13.3. The molecule has 10 aromatic rings. The van der Waals surface area contributed by atoms with Crippen molar-refractivity contribution in [2.45, 2.75) is 0 Å². The van der Waals surface area contributed by atoms with Gasteiger partial charge in [0.05, 0.1) is 23.0 Å². The lowest BCUT2D eigenvalue weighted by atomic mass is 9.93. The maximum absolute atomic E-state index is 9.42. The normalized spacial score (nSPS) is 11.1. The number of nitriles is 1. The standard InChI is InChI=1S/C52H32N4O/c53-32-34-13-23-46-47-24-22-41(30-51(47)57-50(46)26-34)44-27-43(28-45(29-44)42-12-7-25-54-33-42)37-16-20-39(21-17-37)49-31-48(55-52(56-49)40-10-5-2-6-11-40)38-18-14-36(15-19-38)35-8-3-1-4-9-35/h1-31,33H. The number of pyridine rings is 1. The number of hydrogen-bond donors (Lipinski definition) is 0. The fraction of sp³-hybridized carbons (Fsp3) is 0. The van der Waals surface area contributed by atoms with Crippen LogP contribution in [0.3, 0.4) is 0 Å². The third kappa shape index (κ3) is 6.62. The molecule has 0 atom stereocenters. The Balaban J connectivity index is 1.04. The Hall–Kier alpha value is -7.94. The second kappa shape index (κ2) is 14.4. The molecule has 0 radical (unpaired) electrons. The maximum Gasteiger partial charge on any atom is 0.160 e. The van der Waals surface area contributed by atoms with E-state index < -0.39 is 0 Å². The highest BCUT2D eigenvalue weighted by Gasteiger charge is 2.14. The first kappa shape index (κ1) is 33.6. The number of benzene rings is 7. The molecule has 5 heteroatoms.